The van der Waals surface area contributed by atoms with Gasteiger partial charge in [0.25, 0.3) is 11.7 Å². The molecule has 0 aromatic heterocycles. The largest absolute Gasteiger partial charge is 0.507 e. The van der Waals surface area contributed by atoms with E-state index in [1.54, 1.807) is 30.3 Å². The second kappa shape index (κ2) is 11.5. The van der Waals surface area contributed by atoms with E-state index in [2.05, 4.69) is 0 Å². The zero-order chi connectivity index (χ0) is 25.7. The first kappa shape index (κ1) is 26.4. The molecular formula is C26H31ClN2O6. The number of Topliss-reactive ketones (excluding diaryl/α,β-unsaturated/α-hetero) is 1. The monoisotopic (exact) mass is 502 g/mol. The number of likely N-dealkylation sites (tertiary alicyclic amines) is 1. The maximum Gasteiger partial charge on any atom is 0.295 e. The van der Waals surface area contributed by atoms with Crippen LogP contribution in [-0.4, -0.2) is 74.1 Å². The summed E-state index contributed by atoms with van der Waals surface area (Å²) in [5.41, 5.74) is 0.917. The summed E-state index contributed by atoms with van der Waals surface area (Å²) in [4.78, 5) is 29.7. The van der Waals surface area contributed by atoms with Crippen LogP contribution in [0.2, 0.25) is 5.02 Å². The van der Waals surface area contributed by atoms with Gasteiger partial charge in [-0.25, -0.2) is 0 Å². The predicted octanol–water partition coefficient (Wildman–Crippen LogP) is 4.13. The van der Waals surface area contributed by atoms with Crippen LogP contribution in [0.25, 0.3) is 5.76 Å². The van der Waals surface area contributed by atoms with Gasteiger partial charge in [0, 0.05) is 18.7 Å². The number of hydrogen-bond acceptors (Lipinski definition) is 7. The maximum absolute atomic E-state index is 13.2. The lowest BCUT2D eigenvalue weighted by Crippen LogP contribution is -2.35. The van der Waals surface area contributed by atoms with Crippen LogP contribution < -0.4 is 14.2 Å². The first-order valence-electron chi connectivity index (χ1n) is 11.4. The Bertz CT molecular complexity index is 1130. The number of carbonyl (C=O) groups excluding carboxylic acids is 2. The van der Waals surface area contributed by atoms with E-state index in [1.807, 2.05) is 32.8 Å². The quantitative estimate of drug-likeness (QED) is 0.297. The van der Waals surface area contributed by atoms with Crippen LogP contribution in [0.3, 0.4) is 0 Å². The lowest BCUT2D eigenvalue weighted by atomic mass is 9.95. The van der Waals surface area contributed by atoms with E-state index < -0.39 is 17.7 Å². The Morgan fingerprint density at radius 2 is 1.69 bits per heavy atom. The Labute approximate surface area is 210 Å². The van der Waals surface area contributed by atoms with Crippen molar-refractivity contribution in [3.05, 3.63) is 58.1 Å². The first-order valence-corrected chi connectivity index (χ1v) is 11.8. The highest BCUT2D eigenvalue weighted by atomic mass is 35.5. The number of ketones is 1. The highest BCUT2D eigenvalue weighted by Crippen LogP contribution is 2.42. The number of benzene rings is 2. The molecule has 2 aromatic carbocycles. The van der Waals surface area contributed by atoms with Crippen molar-refractivity contribution in [3.63, 3.8) is 0 Å². The van der Waals surface area contributed by atoms with Crippen LogP contribution in [0.5, 0.6) is 17.2 Å². The lowest BCUT2D eigenvalue weighted by Gasteiger charge is -2.27. The molecular weight excluding hydrogens is 472 g/mol. The predicted molar refractivity (Wildman–Crippen MR) is 134 cm³/mol. The van der Waals surface area contributed by atoms with Crippen molar-refractivity contribution in [2.75, 3.05) is 47.5 Å². The molecule has 0 aliphatic carbocycles. The van der Waals surface area contributed by atoms with Crippen LogP contribution in [0.4, 0.5) is 0 Å². The number of ether oxygens (including phenoxy) is 3. The molecule has 0 saturated carbocycles. The molecule has 1 unspecified atom stereocenters. The second-order valence-electron chi connectivity index (χ2n) is 8.22. The molecule has 3 rings (SSSR count). The molecule has 9 heteroatoms. The Hall–Kier alpha value is -3.23. The molecule has 1 fully saturated rings. The van der Waals surface area contributed by atoms with Gasteiger partial charge in [-0.05, 0) is 63.8 Å². The molecule has 1 N–H and O–H groups in total. The molecule has 1 atom stereocenters. The molecule has 35 heavy (non-hydrogen) atoms. The van der Waals surface area contributed by atoms with Crippen LogP contribution in [0.1, 0.15) is 31.0 Å². The molecule has 1 amide bonds. The number of amides is 1. The zero-order valence-corrected chi connectivity index (χ0v) is 21.4. The Morgan fingerprint density at radius 1 is 1.03 bits per heavy atom. The van der Waals surface area contributed by atoms with Gasteiger partial charge in [0.05, 0.1) is 37.0 Å². The van der Waals surface area contributed by atoms with Crippen molar-refractivity contribution in [2.24, 2.45) is 0 Å². The van der Waals surface area contributed by atoms with E-state index >= 15 is 0 Å². The fraction of sp³-hybridized carbons (Fsp3) is 0.385. The summed E-state index contributed by atoms with van der Waals surface area (Å²) >= 11 is 6.26. The van der Waals surface area contributed by atoms with Gasteiger partial charge in [-0.3, -0.25) is 9.59 Å². The Kier molecular flexibility index (Phi) is 8.64. The third kappa shape index (κ3) is 5.55. The molecule has 2 aromatic rings. The van der Waals surface area contributed by atoms with Crippen molar-refractivity contribution in [1.29, 1.82) is 0 Å². The summed E-state index contributed by atoms with van der Waals surface area (Å²) in [6.45, 7) is 5.43. The van der Waals surface area contributed by atoms with Gasteiger partial charge >= 0.3 is 0 Å². The van der Waals surface area contributed by atoms with E-state index in [0.29, 0.717) is 54.7 Å². The molecule has 1 saturated heterocycles. The Balaban J connectivity index is 2.19. The van der Waals surface area contributed by atoms with Gasteiger partial charge in [0.2, 0.25) is 0 Å². The van der Waals surface area contributed by atoms with Gasteiger partial charge in [-0.15, -0.1) is 0 Å². The van der Waals surface area contributed by atoms with Crippen LogP contribution in [0, 0.1) is 0 Å². The van der Waals surface area contributed by atoms with E-state index in [4.69, 9.17) is 25.8 Å². The van der Waals surface area contributed by atoms with Gasteiger partial charge in [-0.1, -0.05) is 17.7 Å². The minimum atomic E-state index is -0.814. The van der Waals surface area contributed by atoms with Crippen molar-refractivity contribution < 1.29 is 28.9 Å². The van der Waals surface area contributed by atoms with Crippen molar-refractivity contribution in [3.8, 4) is 17.2 Å². The summed E-state index contributed by atoms with van der Waals surface area (Å²) in [6, 6.07) is 9.16. The molecule has 0 spiro atoms. The third-order valence-corrected chi connectivity index (χ3v) is 5.93. The summed E-state index contributed by atoms with van der Waals surface area (Å²) < 4.78 is 16.6. The molecule has 8 nitrogen and oxygen atoms in total. The number of likely N-dealkylation sites (N-methyl/N-ethyl adjacent to an activating group) is 1. The summed E-state index contributed by atoms with van der Waals surface area (Å²) in [7, 11) is 5.25. The first-order chi connectivity index (χ1) is 16.7. The maximum atomic E-state index is 13.2. The molecule has 1 aliphatic rings. The fourth-order valence-corrected chi connectivity index (χ4v) is 4.23. The number of methoxy groups -OCH3 is 1. The topological polar surface area (TPSA) is 88.5 Å². The normalized spacial score (nSPS) is 17.2. The number of halogens is 1. The minimum absolute atomic E-state index is 0.0124. The van der Waals surface area contributed by atoms with E-state index in [0.717, 1.165) is 0 Å². The van der Waals surface area contributed by atoms with Crippen LogP contribution in [-0.2, 0) is 9.59 Å². The number of carbonyl (C=O) groups is 2. The number of aliphatic hydroxyl groups excluding tert-OH is 1. The van der Waals surface area contributed by atoms with E-state index in [-0.39, 0.29) is 16.4 Å². The van der Waals surface area contributed by atoms with Gasteiger partial charge in [-0.2, -0.15) is 0 Å². The second-order valence-corrected chi connectivity index (χ2v) is 8.62. The van der Waals surface area contributed by atoms with Crippen molar-refractivity contribution in [2.45, 2.75) is 19.9 Å². The molecule has 1 heterocycles. The number of aliphatic hydroxyl groups is 1. The highest BCUT2D eigenvalue weighted by Gasteiger charge is 2.46. The SMILES string of the molecule is CCOc1ccc(C2/C(=C(/O)c3ccc(OC)c(Cl)c3)C(=O)C(=O)N2CCN(C)C)cc1OCC. The molecule has 0 bridgehead atoms. The summed E-state index contributed by atoms with van der Waals surface area (Å²) in [6.07, 6.45) is 0. The Morgan fingerprint density at radius 3 is 2.29 bits per heavy atom. The average molecular weight is 503 g/mol. The van der Waals surface area contributed by atoms with Gasteiger partial charge < -0.3 is 29.1 Å². The number of nitrogens with zero attached hydrogens (tertiary/aromatic N) is 2. The summed E-state index contributed by atoms with van der Waals surface area (Å²) in [5.74, 6) is -0.256. The van der Waals surface area contributed by atoms with Gasteiger partial charge in [0.1, 0.15) is 11.5 Å². The van der Waals surface area contributed by atoms with Gasteiger partial charge in [0.15, 0.2) is 11.5 Å². The van der Waals surface area contributed by atoms with Crippen molar-refractivity contribution in [1.82, 2.24) is 9.80 Å². The lowest BCUT2D eigenvalue weighted by molar-refractivity contribution is -0.140. The fourth-order valence-electron chi connectivity index (χ4n) is 3.97. The molecule has 188 valence electrons. The summed E-state index contributed by atoms with van der Waals surface area (Å²) in [5, 5.41) is 11.5. The zero-order valence-electron chi connectivity index (χ0n) is 20.6. The number of rotatable bonds is 10. The smallest absolute Gasteiger partial charge is 0.295 e. The third-order valence-electron chi connectivity index (χ3n) is 5.64. The number of hydrogen-bond donors (Lipinski definition) is 1. The molecule has 1 aliphatic heterocycles. The molecule has 0 radical (unpaired) electrons. The van der Waals surface area contributed by atoms with E-state index in [1.165, 1.54) is 18.1 Å². The van der Waals surface area contributed by atoms with E-state index in [9.17, 15) is 14.7 Å². The minimum Gasteiger partial charge on any atom is -0.507 e. The van der Waals surface area contributed by atoms with Crippen molar-refractivity contribution >= 4 is 29.1 Å². The standard InChI is InChI=1S/C26H31ClN2O6/c1-6-34-20-11-8-16(15-21(20)35-7-2)23-22(25(31)26(32)29(23)13-12-28(3)4)24(30)17-9-10-19(33-5)18(27)14-17/h8-11,14-15,23,30H,6-7,12-13H2,1-5H3/b24-22-. The average Bonchev–Trinajstić information content (AvgIpc) is 3.08. The highest BCUT2D eigenvalue weighted by molar-refractivity contribution is 6.46. The van der Waals surface area contributed by atoms with Crippen LogP contribution >= 0.6 is 11.6 Å². The van der Waals surface area contributed by atoms with Crippen LogP contribution in [0.15, 0.2) is 42.0 Å².